The van der Waals surface area contributed by atoms with E-state index in [0.717, 1.165) is 11.1 Å². The predicted octanol–water partition coefficient (Wildman–Crippen LogP) is 3.13. The quantitative estimate of drug-likeness (QED) is 0.598. The standard InChI is InChI=1S/C24H32N2O6S/c1-5-32-21-11-9-20(13-17(21)2)33(28,29)26-12-6-7-19(16-26)24(27)25-15-18-8-10-22(30-3)23(14-18)31-4/h8-11,13-14,19H,5-7,12,15-16H2,1-4H3,(H,25,27). The van der Waals surface area contributed by atoms with Gasteiger partial charge in [-0.3, -0.25) is 4.79 Å². The Hall–Kier alpha value is -2.78. The number of nitrogens with one attached hydrogen (secondary N) is 1. The smallest absolute Gasteiger partial charge is 0.243 e. The Bertz CT molecular complexity index is 1090. The Labute approximate surface area is 195 Å². The van der Waals surface area contributed by atoms with E-state index in [4.69, 9.17) is 14.2 Å². The lowest BCUT2D eigenvalue weighted by atomic mass is 9.98. The number of nitrogens with zero attached hydrogens (tertiary/aromatic N) is 1. The minimum atomic E-state index is -3.70. The summed E-state index contributed by atoms with van der Waals surface area (Å²) in [5.74, 6) is 1.31. The van der Waals surface area contributed by atoms with Crippen molar-refractivity contribution < 1.29 is 27.4 Å². The molecule has 2 aromatic rings. The molecule has 1 amide bonds. The van der Waals surface area contributed by atoms with Gasteiger partial charge < -0.3 is 19.5 Å². The second-order valence-electron chi connectivity index (χ2n) is 7.97. The lowest BCUT2D eigenvalue weighted by Gasteiger charge is -2.31. The molecule has 1 heterocycles. The zero-order chi connectivity index (χ0) is 24.0. The molecule has 33 heavy (non-hydrogen) atoms. The largest absolute Gasteiger partial charge is 0.494 e. The van der Waals surface area contributed by atoms with Crippen molar-refractivity contribution in [1.82, 2.24) is 9.62 Å². The molecule has 3 rings (SSSR count). The van der Waals surface area contributed by atoms with Crippen LogP contribution in [0.1, 0.15) is 30.9 Å². The zero-order valence-electron chi connectivity index (χ0n) is 19.6. The molecule has 1 atom stereocenters. The van der Waals surface area contributed by atoms with Gasteiger partial charge in [0.2, 0.25) is 15.9 Å². The first-order valence-corrected chi connectivity index (χ1v) is 12.5. The SMILES string of the molecule is CCOc1ccc(S(=O)(=O)N2CCCC(C(=O)NCc3ccc(OC)c(OC)c3)C2)cc1C. The van der Waals surface area contributed by atoms with Gasteiger partial charge in [0, 0.05) is 19.6 Å². The fourth-order valence-corrected chi connectivity index (χ4v) is 5.56. The van der Waals surface area contributed by atoms with E-state index in [9.17, 15) is 13.2 Å². The molecule has 1 unspecified atom stereocenters. The summed E-state index contributed by atoms with van der Waals surface area (Å²) in [6, 6.07) is 10.3. The molecule has 0 aliphatic carbocycles. The second kappa shape index (κ2) is 10.9. The number of carbonyl (C=O) groups is 1. The Kier molecular flexibility index (Phi) is 8.20. The number of benzene rings is 2. The van der Waals surface area contributed by atoms with Crippen molar-refractivity contribution in [2.75, 3.05) is 33.9 Å². The van der Waals surface area contributed by atoms with Crippen molar-refractivity contribution in [1.29, 1.82) is 0 Å². The monoisotopic (exact) mass is 476 g/mol. The zero-order valence-corrected chi connectivity index (χ0v) is 20.4. The van der Waals surface area contributed by atoms with Crippen LogP contribution >= 0.6 is 0 Å². The van der Waals surface area contributed by atoms with E-state index >= 15 is 0 Å². The molecule has 0 aromatic heterocycles. The van der Waals surface area contributed by atoms with Crippen molar-refractivity contribution in [2.45, 2.75) is 38.1 Å². The highest BCUT2D eigenvalue weighted by Crippen LogP contribution is 2.29. The van der Waals surface area contributed by atoms with Crippen molar-refractivity contribution in [3.8, 4) is 17.2 Å². The normalized spacial score (nSPS) is 16.8. The lowest BCUT2D eigenvalue weighted by Crippen LogP contribution is -2.45. The number of aryl methyl sites for hydroxylation is 1. The van der Waals surface area contributed by atoms with Crippen LogP contribution in [0.15, 0.2) is 41.3 Å². The third kappa shape index (κ3) is 5.78. The molecule has 0 bridgehead atoms. The third-order valence-corrected chi connectivity index (χ3v) is 7.61. The van der Waals surface area contributed by atoms with Gasteiger partial charge in [-0.25, -0.2) is 8.42 Å². The molecule has 8 nitrogen and oxygen atoms in total. The van der Waals surface area contributed by atoms with Crippen LogP contribution in [-0.2, 0) is 21.4 Å². The number of hydrogen-bond acceptors (Lipinski definition) is 6. The summed E-state index contributed by atoms with van der Waals surface area (Å²) in [6.07, 6.45) is 1.27. The fraction of sp³-hybridized carbons (Fsp3) is 0.458. The van der Waals surface area contributed by atoms with Gasteiger partial charge in [0.05, 0.1) is 31.6 Å². The summed E-state index contributed by atoms with van der Waals surface area (Å²) in [5, 5.41) is 2.93. The Morgan fingerprint density at radius 2 is 1.82 bits per heavy atom. The summed E-state index contributed by atoms with van der Waals surface area (Å²) >= 11 is 0. The summed E-state index contributed by atoms with van der Waals surface area (Å²) in [5.41, 5.74) is 1.63. The number of rotatable bonds is 9. The van der Waals surface area contributed by atoms with Gasteiger partial charge in [-0.1, -0.05) is 6.07 Å². The minimum absolute atomic E-state index is 0.159. The molecule has 1 N–H and O–H groups in total. The molecule has 1 aliphatic rings. The predicted molar refractivity (Wildman–Crippen MR) is 125 cm³/mol. The van der Waals surface area contributed by atoms with Crippen LogP contribution in [0.5, 0.6) is 17.2 Å². The highest BCUT2D eigenvalue weighted by atomic mass is 32.2. The van der Waals surface area contributed by atoms with Crippen LogP contribution in [0.4, 0.5) is 0 Å². The number of methoxy groups -OCH3 is 2. The molecular weight excluding hydrogens is 444 g/mol. The number of ether oxygens (including phenoxy) is 3. The first-order chi connectivity index (χ1) is 15.8. The molecule has 0 spiro atoms. The van der Waals surface area contributed by atoms with E-state index in [1.165, 1.54) is 4.31 Å². The third-order valence-electron chi connectivity index (χ3n) is 5.75. The summed E-state index contributed by atoms with van der Waals surface area (Å²) in [6.45, 7) is 5.10. The maximum atomic E-state index is 13.2. The van der Waals surface area contributed by atoms with Gasteiger partial charge in [0.1, 0.15) is 5.75 Å². The minimum Gasteiger partial charge on any atom is -0.494 e. The molecule has 1 aliphatic heterocycles. The van der Waals surface area contributed by atoms with E-state index in [1.807, 2.05) is 26.0 Å². The van der Waals surface area contributed by atoms with Crippen LogP contribution in [0.3, 0.4) is 0 Å². The van der Waals surface area contributed by atoms with E-state index in [0.29, 0.717) is 49.8 Å². The van der Waals surface area contributed by atoms with Gasteiger partial charge in [-0.05, 0) is 68.1 Å². The van der Waals surface area contributed by atoms with E-state index < -0.39 is 15.9 Å². The van der Waals surface area contributed by atoms with E-state index in [2.05, 4.69) is 5.32 Å². The maximum Gasteiger partial charge on any atom is 0.243 e. The molecular formula is C24H32N2O6S. The van der Waals surface area contributed by atoms with Crippen LogP contribution < -0.4 is 19.5 Å². The van der Waals surface area contributed by atoms with Crippen LogP contribution in [0.2, 0.25) is 0 Å². The van der Waals surface area contributed by atoms with E-state index in [1.54, 1.807) is 38.5 Å². The number of carbonyl (C=O) groups excluding carboxylic acids is 1. The van der Waals surface area contributed by atoms with Gasteiger partial charge in [0.15, 0.2) is 11.5 Å². The molecule has 9 heteroatoms. The van der Waals surface area contributed by atoms with E-state index in [-0.39, 0.29) is 17.3 Å². The lowest BCUT2D eigenvalue weighted by molar-refractivity contribution is -0.126. The average Bonchev–Trinajstić information content (AvgIpc) is 2.83. The second-order valence-corrected chi connectivity index (χ2v) is 9.91. The van der Waals surface area contributed by atoms with Gasteiger partial charge in [-0.2, -0.15) is 4.31 Å². The highest BCUT2D eigenvalue weighted by molar-refractivity contribution is 7.89. The van der Waals surface area contributed by atoms with Gasteiger partial charge in [0.25, 0.3) is 0 Å². The number of hydrogen-bond donors (Lipinski definition) is 1. The van der Waals surface area contributed by atoms with Crippen LogP contribution in [0.25, 0.3) is 0 Å². The highest BCUT2D eigenvalue weighted by Gasteiger charge is 2.33. The summed E-state index contributed by atoms with van der Waals surface area (Å²) in [4.78, 5) is 13.0. The Balaban J connectivity index is 1.66. The first kappa shape index (κ1) is 24.9. The number of piperidine rings is 1. The molecule has 1 fully saturated rings. The fourth-order valence-electron chi connectivity index (χ4n) is 3.95. The molecule has 180 valence electrons. The average molecular weight is 477 g/mol. The maximum absolute atomic E-state index is 13.2. The van der Waals surface area contributed by atoms with Gasteiger partial charge >= 0.3 is 0 Å². The van der Waals surface area contributed by atoms with Crippen molar-refractivity contribution in [2.24, 2.45) is 5.92 Å². The van der Waals surface area contributed by atoms with Crippen LogP contribution in [-0.4, -0.2) is 52.5 Å². The van der Waals surface area contributed by atoms with Crippen molar-refractivity contribution in [3.05, 3.63) is 47.5 Å². The first-order valence-electron chi connectivity index (χ1n) is 11.0. The molecule has 0 saturated carbocycles. The molecule has 2 aromatic carbocycles. The molecule has 1 saturated heterocycles. The summed E-state index contributed by atoms with van der Waals surface area (Å²) < 4.78 is 43.9. The Morgan fingerprint density at radius 3 is 2.48 bits per heavy atom. The number of amides is 1. The van der Waals surface area contributed by atoms with Crippen molar-refractivity contribution >= 4 is 15.9 Å². The van der Waals surface area contributed by atoms with Crippen LogP contribution in [0, 0.1) is 12.8 Å². The number of sulfonamides is 1. The molecule has 0 radical (unpaired) electrons. The van der Waals surface area contributed by atoms with Crippen molar-refractivity contribution in [3.63, 3.8) is 0 Å². The topological polar surface area (TPSA) is 94.2 Å². The Morgan fingerprint density at radius 1 is 1.09 bits per heavy atom. The summed E-state index contributed by atoms with van der Waals surface area (Å²) in [7, 11) is -0.574. The van der Waals surface area contributed by atoms with Gasteiger partial charge in [-0.15, -0.1) is 0 Å².